The topological polar surface area (TPSA) is 58.4 Å². The van der Waals surface area contributed by atoms with Gasteiger partial charge in [0.15, 0.2) is 0 Å². The average Bonchev–Trinajstić information content (AvgIpc) is 2.47. The molecule has 0 spiro atoms. The first-order valence-electron chi connectivity index (χ1n) is 5.62. The van der Waals surface area contributed by atoms with Crippen LogP contribution >= 0.6 is 0 Å². The van der Waals surface area contributed by atoms with Crippen LogP contribution in [0.3, 0.4) is 0 Å². The number of para-hydroxylation sites is 1. The smallest absolute Gasteiger partial charge is 0.258 e. The summed E-state index contributed by atoms with van der Waals surface area (Å²) >= 11 is 0. The minimum Gasteiger partial charge on any atom is -0.324 e. The van der Waals surface area contributed by atoms with E-state index in [0.717, 1.165) is 11.4 Å². The van der Waals surface area contributed by atoms with E-state index in [1.165, 1.54) is 0 Å². The van der Waals surface area contributed by atoms with Gasteiger partial charge < -0.3 is 10.3 Å². The molecule has 1 amide bonds. The fraction of sp³-hybridized carbons (Fsp3) is 0.0714. The Morgan fingerprint density at radius 3 is 2.22 bits per heavy atom. The molecule has 18 heavy (non-hydrogen) atoms. The number of hydrazine groups is 1. The molecule has 3 N–H and O–H groups in total. The highest BCUT2D eigenvalue weighted by Crippen LogP contribution is 2.16. The summed E-state index contributed by atoms with van der Waals surface area (Å²) in [5.41, 5.74) is 4.79. The van der Waals surface area contributed by atoms with Crippen LogP contribution in [0, 0.1) is 0 Å². The zero-order valence-electron chi connectivity index (χ0n) is 10.1. The Morgan fingerprint density at radius 1 is 1.06 bits per heavy atom. The van der Waals surface area contributed by atoms with Crippen molar-refractivity contribution in [3.05, 3.63) is 60.2 Å². The lowest BCUT2D eigenvalue weighted by molar-refractivity contribution is 0.0993. The molecule has 0 bridgehead atoms. The van der Waals surface area contributed by atoms with Crippen LogP contribution in [-0.4, -0.2) is 13.0 Å². The number of nitrogen functional groups attached to an aromatic ring is 1. The van der Waals surface area contributed by atoms with E-state index in [-0.39, 0.29) is 5.91 Å². The van der Waals surface area contributed by atoms with Crippen molar-refractivity contribution in [2.75, 3.05) is 17.4 Å². The number of amides is 1. The highest BCUT2D eigenvalue weighted by molar-refractivity contribution is 6.05. The Labute approximate surface area is 106 Å². The van der Waals surface area contributed by atoms with Gasteiger partial charge in [0.25, 0.3) is 5.91 Å². The zero-order chi connectivity index (χ0) is 13.0. The van der Waals surface area contributed by atoms with Crippen molar-refractivity contribution < 1.29 is 4.79 Å². The van der Waals surface area contributed by atoms with Gasteiger partial charge in [0.05, 0.1) is 0 Å². The molecule has 0 saturated carbocycles. The molecule has 2 aromatic carbocycles. The number of carbonyl (C=O) groups excluding carboxylic acids is 1. The SMILES string of the molecule is CN(C(=O)c1ccc(NN)cc1)c1ccccc1. The quantitative estimate of drug-likeness (QED) is 0.640. The summed E-state index contributed by atoms with van der Waals surface area (Å²) < 4.78 is 0. The summed E-state index contributed by atoms with van der Waals surface area (Å²) in [4.78, 5) is 13.8. The lowest BCUT2D eigenvalue weighted by Gasteiger charge is -2.17. The average molecular weight is 241 g/mol. The highest BCUT2D eigenvalue weighted by atomic mass is 16.2. The third-order valence-electron chi connectivity index (χ3n) is 2.75. The third-order valence-corrected chi connectivity index (χ3v) is 2.75. The van der Waals surface area contributed by atoms with Crippen molar-refractivity contribution in [2.45, 2.75) is 0 Å². The van der Waals surface area contributed by atoms with E-state index in [1.54, 1.807) is 36.2 Å². The van der Waals surface area contributed by atoms with Crippen LogP contribution in [0.15, 0.2) is 54.6 Å². The number of nitrogens with zero attached hydrogens (tertiary/aromatic N) is 1. The molecule has 2 aromatic rings. The molecule has 0 aliphatic rings. The second kappa shape index (κ2) is 5.33. The van der Waals surface area contributed by atoms with Crippen LogP contribution in [0.4, 0.5) is 11.4 Å². The Kier molecular flexibility index (Phi) is 3.60. The van der Waals surface area contributed by atoms with E-state index in [1.807, 2.05) is 30.3 Å². The first-order valence-corrected chi connectivity index (χ1v) is 5.62. The van der Waals surface area contributed by atoms with E-state index in [2.05, 4.69) is 5.43 Å². The van der Waals surface area contributed by atoms with Gasteiger partial charge in [0, 0.05) is 24.0 Å². The van der Waals surface area contributed by atoms with Gasteiger partial charge in [-0.25, -0.2) is 0 Å². The number of hydrogen-bond donors (Lipinski definition) is 2. The molecule has 0 heterocycles. The molecule has 0 radical (unpaired) electrons. The summed E-state index contributed by atoms with van der Waals surface area (Å²) in [5, 5.41) is 0. The summed E-state index contributed by atoms with van der Waals surface area (Å²) in [5.74, 6) is 5.23. The van der Waals surface area contributed by atoms with Gasteiger partial charge in [-0.3, -0.25) is 10.6 Å². The number of carbonyl (C=O) groups is 1. The molecule has 4 heteroatoms. The van der Waals surface area contributed by atoms with Crippen molar-refractivity contribution in [1.29, 1.82) is 0 Å². The Hall–Kier alpha value is -2.33. The van der Waals surface area contributed by atoms with Crippen LogP contribution in [0.2, 0.25) is 0 Å². The van der Waals surface area contributed by atoms with Crippen molar-refractivity contribution >= 4 is 17.3 Å². The van der Waals surface area contributed by atoms with Crippen molar-refractivity contribution in [3.63, 3.8) is 0 Å². The number of benzene rings is 2. The summed E-state index contributed by atoms with van der Waals surface area (Å²) in [6.07, 6.45) is 0. The van der Waals surface area contributed by atoms with E-state index in [4.69, 9.17) is 5.84 Å². The maximum atomic E-state index is 12.2. The summed E-state index contributed by atoms with van der Waals surface area (Å²) in [7, 11) is 1.76. The summed E-state index contributed by atoms with van der Waals surface area (Å²) in [6.45, 7) is 0. The van der Waals surface area contributed by atoms with Gasteiger partial charge >= 0.3 is 0 Å². The standard InChI is InChI=1S/C14H15N3O/c1-17(13-5-3-2-4-6-13)14(18)11-7-9-12(16-15)10-8-11/h2-10,16H,15H2,1H3. The molecule has 0 aliphatic carbocycles. The minimum atomic E-state index is -0.0511. The molecule has 0 unspecified atom stereocenters. The molecule has 0 atom stereocenters. The number of nitrogens with one attached hydrogen (secondary N) is 1. The van der Waals surface area contributed by atoms with Crippen LogP contribution in [-0.2, 0) is 0 Å². The molecule has 0 fully saturated rings. The van der Waals surface area contributed by atoms with E-state index in [9.17, 15) is 4.79 Å². The predicted octanol–water partition coefficient (Wildman–Crippen LogP) is 2.25. The molecule has 0 aliphatic heterocycles. The highest BCUT2D eigenvalue weighted by Gasteiger charge is 2.12. The van der Waals surface area contributed by atoms with E-state index in [0.29, 0.717) is 5.56 Å². The molecular formula is C14H15N3O. The van der Waals surface area contributed by atoms with Crippen molar-refractivity contribution in [3.8, 4) is 0 Å². The van der Waals surface area contributed by atoms with Gasteiger partial charge in [-0.05, 0) is 36.4 Å². The molecule has 0 aromatic heterocycles. The minimum absolute atomic E-state index is 0.0511. The van der Waals surface area contributed by atoms with Gasteiger partial charge in [0.1, 0.15) is 0 Å². The first-order chi connectivity index (χ1) is 8.72. The molecule has 2 rings (SSSR count). The van der Waals surface area contributed by atoms with Crippen LogP contribution in [0.25, 0.3) is 0 Å². The van der Waals surface area contributed by atoms with Crippen LogP contribution in [0.5, 0.6) is 0 Å². The maximum absolute atomic E-state index is 12.2. The van der Waals surface area contributed by atoms with Gasteiger partial charge in [0.2, 0.25) is 0 Å². The van der Waals surface area contributed by atoms with E-state index >= 15 is 0 Å². The number of rotatable bonds is 3. The lowest BCUT2D eigenvalue weighted by Crippen LogP contribution is -2.26. The van der Waals surface area contributed by atoms with Crippen LogP contribution in [0.1, 0.15) is 10.4 Å². The van der Waals surface area contributed by atoms with Gasteiger partial charge in [-0.2, -0.15) is 0 Å². The number of nitrogens with two attached hydrogens (primary N) is 1. The van der Waals surface area contributed by atoms with Crippen molar-refractivity contribution in [2.24, 2.45) is 5.84 Å². The molecule has 4 nitrogen and oxygen atoms in total. The fourth-order valence-electron chi connectivity index (χ4n) is 1.67. The third kappa shape index (κ3) is 2.49. The molecular weight excluding hydrogens is 226 g/mol. The Balaban J connectivity index is 2.20. The fourth-order valence-corrected chi connectivity index (χ4v) is 1.67. The molecule has 92 valence electrons. The monoisotopic (exact) mass is 241 g/mol. The summed E-state index contributed by atoms with van der Waals surface area (Å²) in [6, 6.07) is 16.6. The Morgan fingerprint density at radius 2 is 1.67 bits per heavy atom. The van der Waals surface area contributed by atoms with Crippen molar-refractivity contribution in [1.82, 2.24) is 0 Å². The molecule has 0 saturated heterocycles. The van der Waals surface area contributed by atoms with Gasteiger partial charge in [-0.1, -0.05) is 18.2 Å². The first kappa shape index (κ1) is 12.1. The second-order valence-electron chi connectivity index (χ2n) is 3.92. The normalized spacial score (nSPS) is 9.89. The van der Waals surface area contributed by atoms with Gasteiger partial charge in [-0.15, -0.1) is 0 Å². The largest absolute Gasteiger partial charge is 0.324 e. The van der Waals surface area contributed by atoms with E-state index < -0.39 is 0 Å². The second-order valence-corrected chi connectivity index (χ2v) is 3.92. The number of anilines is 2. The zero-order valence-corrected chi connectivity index (χ0v) is 10.1. The Bertz CT molecular complexity index is 522. The number of hydrogen-bond acceptors (Lipinski definition) is 3. The van der Waals surface area contributed by atoms with Crippen LogP contribution < -0.4 is 16.2 Å². The maximum Gasteiger partial charge on any atom is 0.258 e. The lowest BCUT2D eigenvalue weighted by atomic mass is 10.1. The predicted molar refractivity (Wildman–Crippen MR) is 73.4 cm³/mol.